The van der Waals surface area contributed by atoms with Crippen LogP contribution in [0.5, 0.6) is 11.5 Å². The molecule has 0 radical (unpaired) electrons. The Labute approximate surface area is 116 Å². The molecule has 3 nitrogen and oxygen atoms in total. The molecule has 1 aromatic carbocycles. The van der Waals surface area contributed by atoms with Gasteiger partial charge in [0.25, 0.3) is 0 Å². The van der Waals surface area contributed by atoms with E-state index in [4.69, 9.17) is 9.47 Å². The molecule has 1 aliphatic rings. The minimum atomic E-state index is 0.299. The molecule has 0 saturated heterocycles. The van der Waals surface area contributed by atoms with E-state index in [1.165, 1.54) is 18.4 Å². The standard InChI is InChI=1S/C16H25NO2/c1-4-14(5-2)19-16-9-8-15(18-3)10-12(16)11-17-13-6-7-13/h8-10,13-14,17H,4-7,11H2,1-3H3. The van der Waals surface area contributed by atoms with Gasteiger partial charge >= 0.3 is 0 Å². The maximum Gasteiger partial charge on any atom is 0.124 e. The van der Waals surface area contributed by atoms with Crippen LogP contribution in [0, 0.1) is 0 Å². The van der Waals surface area contributed by atoms with Crippen molar-refractivity contribution in [2.75, 3.05) is 7.11 Å². The lowest BCUT2D eigenvalue weighted by Gasteiger charge is -2.19. The van der Waals surface area contributed by atoms with Gasteiger partial charge in [0.1, 0.15) is 11.5 Å². The summed E-state index contributed by atoms with van der Waals surface area (Å²) in [6.07, 6.45) is 4.98. The topological polar surface area (TPSA) is 30.5 Å². The van der Waals surface area contributed by atoms with Crippen molar-refractivity contribution in [1.82, 2.24) is 5.32 Å². The van der Waals surface area contributed by atoms with E-state index >= 15 is 0 Å². The first-order valence-corrected chi connectivity index (χ1v) is 7.33. The molecule has 0 aromatic heterocycles. The summed E-state index contributed by atoms with van der Waals surface area (Å²) in [6.45, 7) is 5.19. The second kappa shape index (κ2) is 6.80. The third kappa shape index (κ3) is 4.13. The molecule has 1 saturated carbocycles. The molecule has 19 heavy (non-hydrogen) atoms. The van der Waals surface area contributed by atoms with Crippen LogP contribution in [0.25, 0.3) is 0 Å². The highest BCUT2D eigenvalue weighted by Crippen LogP contribution is 2.27. The van der Waals surface area contributed by atoms with Gasteiger partial charge in [0.2, 0.25) is 0 Å². The highest BCUT2D eigenvalue weighted by Gasteiger charge is 2.21. The minimum Gasteiger partial charge on any atom is -0.497 e. The molecular weight excluding hydrogens is 238 g/mol. The van der Waals surface area contributed by atoms with Crippen LogP contribution in [0.3, 0.4) is 0 Å². The largest absolute Gasteiger partial charge is 0.497 e. The van der Waals surface area contributed by atoms with Crippen molar-refractivity contribution in [1.29, 1.82) is 0 Å². The summed E-state index contributed by atoms with van der Waals surface area (Å²) >= 11 is 0. The number of hydrogen-bond donors (Lipinski definition) is 1. The lowest BCUT2D eigenvalue weighted by atomic mass is 10.1. The predicted molar refractivity (Wildman–Crippen MR) is 77.9 cm³/mol. The van der Waals surface area contributed by atoms with Crippen molar-refractivity contribution in [2.24, 2.45) is 0 Å². The Kier molecular flexibility index (Phi) is 5.08. The SMILES string of the molecule is CCC(CC)Oc1ccc(OC)cc1CNC1CC1. The third-order valence-electron chi connectivity index (χ3n) is 3.63. The van der Waals surface area contributed by atoms with Crippen LogP contribution >= 0.6 is 0 Å². The van der Waals surface area contributed by atoms with Gasteiger partial charge < -0.3 is 14.8 Å². The Morgan fingerprint density at radius 2 is 2.00 bits per heavy atom. The Morgan fingerprint density at radius 3 is 2.58 bits per heavy atom. The third-order valence-corrected chi connectivity index (χ3v) is 3.63. The van der Waals surface area contributed by atoms with Crippen molar-refractivity contribution in [3.8, 4) is 11.5 Å². The van der Waals surface area contributed by atoms with Crippen LogP contribution in [0.4, 0.5) is 0 Å². The molecular formula is C16H25NO2. The average molecular weight is 263 g/mol. The molecule has 1 N–H and O–H groups in total. The molecule has 0 atom stereocenters. The van der Waals surface area contributed by atoms with Crippen LogP contribution in [-0.2, 0) is 6.54 Å². The molecule has 1 aromatic rings. The first-order valence-electron chi connectivity index (χ1n) is 7.33. The molecule has 2 rings (SSSR count). The number of hydrogen-bond acceptors (Lipinski definition) is 3. The quantitative estimate of drug-likeness (QED) is 0.778. The van der Waals surface area contributed by atoms with Crippen LogP contribution < -0.4 is 14.8 Å². The van der Waals surface area contributed by atoms with E-state index in [2.05, 4.69) is 25.2 Å². The van der Waals surface area contributed by atoms with Gasteiger partial charge in [-0.3, -0.25) is 0 Å². The van der Waals surface area contributed by atoms with E-state index in [-0.39, 0.29) is 0 Å². The van der Waals surface area contributed by atoms with Crippen LogP contribution in [0.15, 0.2) is 18.2 Å². The predicted octanol–water partition coefficient (Wildman–Crippen LogP) is 3.51. The van der Waals surface area contributed by atoms with Gasteiger partial charge in [-0.1, -0.05) is 13.8 Å². The number of methoxy groups -OCH3 is 1. The highest BCUT2D eigenvalue weighted by atomic mass is 16.5. The van der Waals surface area contributed by atoms with Gasteiger partial charge in [0.05, 0.1) is 13.2 Å². The van der Waals surface area contributed by atoms with Crippen molar-refractivity contribution in [3.63, 3.8) is 0 Å². The Balaban J connectivity index is 2.09. The first-order chi connectivity index (χ1) is 9.26. The summed E-state index contributed by atoms with van der Waals surface area (Å²) in [6, 6.07) is 6.78. The molecule has 0 bridgehead atoms. The van der Waals surface area contributed by atoms with Gasteiger partial charge in [0, 0.05) is 18.2 Å². The molecule has 1 aliphatic carbocycles. The normalized spacial score (nSPS) is 14.7. The lowest BCUT2D eigenvalue weighted by molar-refractivity contribution is 0.190. The maximum absolute atomic E-state index is 6.10. The van der Waals surface area contributed by atoms with Crippen molar-refractivity contribution < 1.29 is 9.47 Å². The zero-order chi connectivity index (χ0) is 13.7. The summed E-state index contributed by atoms with van der Waals surface area (Å²) in [5.74, 6) is 1.88. The monoisotopic (exact) mass is 263 g/mol. The highest BCUT2D eigenvalue weighted by molar-refractivity contribution is 5.40. The molecule has 0 heterocycles. The molecule has 0 aliphatic heterocycles. The van der Waals surface area contributed by atoms with Gasteiger partial charge in [-0.25, -0.2) is 0 Å². The second-order valence-electron chi connectivity index (χ2n) is 5.19. The molecule has 0 unspecified atom stereocenters. The van der Waals surface area contributed by atoms with Gasteiger partial charge in [-0.05, 0) is 43.9 Å². The fraction of sp³-hybridized carbons (Fsp3) is 0.625. The Morgan fingerprint density at radius 1 is 1.26 bits per heavy atom. The lowest BCUT2D eigenvalue weighted by Crippen LogP contribution is -2.19. The van der Waals surface area contributed by atoms with E-state index in [0.29, 0.717) is 12.1 Å². The number of ether oxygens (including phenoxy) is 2. The van der Waals surface area contributed by atoms with Gasteiger partial charge in [-0.15, -0.1) is 0 Å². The number of nitrogens with one attached hydrogen (secondary N) is 1. The number of benzene rings is 1. The van der Waals surface area contributed by atoms with Gasteiger partial charge in [0.15, 0.2) is 0 Å². The summed E-state index contributed by atoms with van der Waals surface area (Å²) in [5, 5.41) is 3.54. The molecule has 0 spiro atoms. The summed E-state index contributed by atoms with van der Waals surface area (Å²) < 4.78 is 11.4. The Hall–Kier alpha value is -1.22. The smallest absolute Gasteiger partial charge is 0.124 e. The van der Waals surface area contributed by atoms with E-state index in [9.17, 15) is 0 Å². The van der Waals surface area contributed by atoms with Crippen LogP contribution in [-0.4, -0.2) is 19.3 Å². The maximum atomic E-state index is 6.10. The van der Waals surface area contributed by atoms with E-state index < -0.39 is 0 Å². The second-order valence-corrected chi connectivity index (χ2v) is 5.19. The van der Waals surface area contributed by atoms with Gasteiger partial charge in [-0.2, -0.15) is 0 Å². The summed E-state index contributed by atoms with van der Waals surface area (Å²) in [4.78, 5) is 0. The molecule has 0 amide bonds. The minimum absolute atomic E-state index is 0.299. The van der Waals surface area contributed by atoms with Crippen LogP contribution in [0.1, 0.15) is 45.1 Å². The summed E-state index contributed by atoms with van der Waals surface area (Å²) in [7, 11) is 1.70. The van der Waals surface area contributed by atoms with E-state index in [1.807, 2.05) is 12.1 Å². The van der Waals surface area contributed by atoms with Crippen LogP contribution in [0.2, 0.25) is 0 Å². The summed E-state index contributed by atoms with van der Waals surface area (Å²) in [5.41, 5.74) is 1.19. The fourth-order valence-corrected chi connectivity index (χ4v) is 2.11. The van der Waals surface area contributed by atoms with Crippen molar-refractivity contribution in [3.05, 3.63) is 23.8 Å². The molecule has 106 valence electrons. The average Bonchev–Trinajstić information content (AvgIpc) is 3.27. The van der Waals surface area contributed by atoms with Crippen molar-refractivity contribution >= 4 is 0 Å². The zero-order valence-corrected chi connectivity index (χ0v) is 12.2. The van der Waals surface area contributed by atoms with Crippen molar-refractivity contribution in [2.45, 2.75) is 58.2 Å². The first kappa shape index (κ1) is 14.2. The number of rotatable bonds is 8. The molecule has 3 heteroatoms. The fourth-order valence-electron chi connectivity index (χ4n) is 2.11. The van der Waals surface area contributed by atoms with E-state index in [1.54, 1.807) is 7.11 Å². The zero-order valence-electron chi connectivity index (χ0n) is 12.2. The molecule has 1 fully saturated rings. The Bertz CT molecular complexity index is 398. The van der Waals surface area contributed by atoms with E-state index in [0.717, 1.165) is 30.9 Å².